The highest BCUT2D eigenvalue weighted by Crippen LogP contribution is 2.22. The molecular formula is C19H24N2O3S. The van der Waals surface area contributed by atoms with Gasteiger partial charge in [-0.05, 0) is 55.7 Å². The summed E-state index contributed by atoms with van der Waals surface area (Å²) in [5.41, 5.74) is 3.22. The molecule has 5 nitrogen and oxygen atoms in total. The Balaban J connectivity index is 2.26. The van der Waals surface area contributed by atoms with Crippen LogP contribution in [0.25, 0.3) is 0 Å². The van der Waals surface area contributed by atoms with Crippen LogP contribution in [0.15, 0.2) is 48.5 Å². The van der Waals surface area contributed by atoms with E-state index in [1.54, 1.807) is 25.1 Å². The predicted octanol–water partition coefficient (Wildman–Crippen LogP) is 3.35. The molecule has 0 aliphatic carbocycles. The summed E-state index contributed by atoms with van der Waals surface area (Å²) in [4.78, 5) is 12.6. The maximum atomic E-state index is 12.6. The van der Waals surface area contributed by atoms with Gasteiger partial charge in [-0.25, -0.2) is 8.42 Å². The number of aryl methyl sites for hydroxylation is 2. The maximum absolute atomic E-state index is 12.6. The summed E-state index contributed by atoms with van der Waals surface area (Å²) in [6.07, 6.45) is 2.02. The second kappa shape index (κ2) is 7.70. The van der Waals surface area contributed by atoms with Crippen molar-refractivity contribution in [3.63, 3.8) is 0 Å². The van der Waals surface area contributed by atoms with Gasteiger partial charge in [0.2, 0.25) is 15.9 Å². The van der Waals surface area contributed by atoms with Crippen molar-refractivity contribution in [3.8, 4) is 0 Å². The first-order valence-electron chi connectivity index (χ1n) is 8.18. The van der Waals surface area contributed by atoms with Crippen LogP contribution in [0, 0.1) is 6.92 Å². The topological polar surface area (TPSA) is 66.5 Å². The molecule has 0 heterocycles. The van der Waals surface area contributed by atoms with Crippen molar-refractivity contribution in [3.05, 3.63) is 59.7 Å². The number of rotatable bonds is 6. The smallest absolute Gasteiger partial charge is 0.247 e. The molecule has 2 rings (SSSR count). The van der Waals surface area contributed by atoms with E-state index >= 15 is 0 Å². The van der Waals surface area contributed by atoms with Gasteiger partial charge in [-0.1, -0.05) is 31.2 Å². The van der Waals surface area contributed by atoms with Crippen LogP contribution in [0.2, 0.25) is 0 Å². The van der Waals surface area contributed by atoms with Gasteiger partial charge in [-0.2, -0.15) is 0 Å². The van der Waals surface area contributed by atoms with Crippen LogP contribution in [0.1, 0.15) is 25.0 Å². The highest BCUT2D eigenvalue weighted by Gasteiger charge is 2.29. The third-order valence-electron chi connectivity index (χ3n) is 3.97. The Morgan fingerprint density at radius 2 is 1.80 bits per heavy atom. The maximum Gasteiger partial charge on any atom is 0.247 e. The lowest BCUT2D eigenvalue weighted by Crippen LogP contribution is -2.45. The molecule has 1 unspecified atom stereocenters. The van der Waals surface area contributed by atoms with Crippen molar-refractivity contribution >= 4 is 27.3 Å². The van der Waals surface area contributed by atoms with Crippen LogP contribution in [-0.4, -0.2) is 26.6 Å². The van der Waals surface area contributed by atoms with E-state index in [1.165, 1.54) is 5.56 Å². The van der Waals surface area contributed by atoms with E-state index in [2.05, 4.69) is 12.2 Å². The summed E-state index contributed by atoms with van der Waals surface area (Å²) in [5, 5.41) is 2.78. The Hall–Kier alpha value is -2.34. The second-order valence-electron chi connectivity index (χ2n) is 6.11. The van der Waals surface area contributed by atoms with E-state index in [4.69, 9.17) is 0 Å². The third-order valence-corrected chi connectivity index (χ3v) is 5.22. The van der Waals surface area contributed by atoms with Gasteiger partial charge in [0.05, 0.1) is 11.9 Å². The number of hydrogen-bond acceptors (Lipinski definition) is 3. The van der Waals surface area contributed by atoms with E-state index in [0.29, 0.717) is 11.4 Å². The second-order valence-corrected chi connectivity index (χ2v) is 7.97. The van der Waals surface area contributed by atoms with Crippen molar-refractivity contribution in [2.45, 2.75) is 33.2 Å². The minimum absolute atomic E-state index is 0.379. The average Bonchev–Trinajstić information content (AvgIpc) is 2.54. The van der Waals surface area contributed by atoms with Crippen LogP contribution in [-0.2, 0) is 21.2 Å². The zero-order chi connectivity index (χ0) is 18.6. The Bertz CT molecular complexity index is 845. The van der Waals surface area contributed by atoms with Gasteiger partial charge in [-0.3, -0.25) is 9.10 Å². The molecule has 1 amide bonds. The molecule has 25 heavy (non-hydrogen) atoms. The monoisotopic (exact) mass is 360 g/mol. The first kappa shape index (κ1) is 19.0. The molecule has 0 fully saturated rings. The van der Waals surface area contributed by atoms with Crippen LogP contribution < -0.4 is 9.62 Å². The zero-order valence-corrected chi connectivity index (χ0v) is 15.8. The summed E-state index contributed by atoms with van der Waals surface area (Å²) < 4.78 is 25.7. The minimum Gasteiger partial charge on any atom is -0.324 e. The van der Waals surface area contributed by atoms with Crippen LogP contribution in [0.5, 0.6) is 0 Å². The SMILES string of the molecule is CCc1ccc(NC(=O)C(C)N(c2cccc(C)c2)S(C)(=O)=O)cc1. The lowest BCUT2D eigenvalue weighted by Gasteiger charge is -2.28. The molecule has 0 saturated carbocycles. The fourth-order valence-corrected chi connectivity index (χ4v) is 3.81. The molecule has 0 aromatic heterocycles. The number of carbonyl (C=O) groups is 1. The van der Waals surface area contributed by atoms with Gasteiger partial charge in [0.15, 0.2) is 0 Å². The van der Waals surface area contributed by atoms with Crippen molar-refractivity contribution in [2.24, 2.45) is 0 Å². The van der Waals surface area contributed by atoms with Crippen LogP contribution in [0.3, 0.4) is 0 Å². The number of hydrogen-bond donors (Lipinski definition) is 1. The number of nitrogens with one attached hydrogen (secondary N) is 1. The largest absolute Gasteiger partial charge is 0.324 e. The first-order valence-corrected chi connectivity index (χ1v) is 10.0. The number of sulfonamides is 1. The number of nitrogens with zero attached hydrogens (tertiary/aromatic N) is 1. The molecule has 0 bridgehead atoms. The van der Waals surface area contributed by atoms with Crippen LogP contribution in [0.4, 0.5) is 11.4 Å². The molecule has 0 aliphatic rings. The molecule has 6 heteroatoms. The Kier molecular flexibility index (Phi) is 5.85. The normalized spacial score (nSPS) is 12.5. The summed E-state index contributed by atoms with van der Waals surface area (Å²) in [5.74, 6) is -0.379. The van der Waals surface area contributed by atoms with Gasteiger partial charge >= 0.3 is 0 Å². The van der Waals surface area contributed by atoms with Gasteiger partial charge in [-0.15, -0.1) is 0 Å². The highest BCUT2D eigenvalue weighted by molar-refractivity contribution is 7.92. The Morgan fingerprint density at radius 1 is 1.16 bits per heavy atom. The Morgan fingerprint density at radius 3 is 2.32 bits per heavy atom. The molecule has 1 N–H and O–H groups in total. The minimum atomic E-state index is -3.61. The van der Waals surface area contributed by atoms with Gasteiger partial charge in [0.1, 0.15) is 6.04 Å². The van der Waals surface area contributed by atoms with Crippen molar-refractivity contribution in [2.75, 3.05) is 15.9 Å². The Labute approximate surface area is 149 Å². The summed E-state index contributed by atoms with van der Waals surface area (Å²) >= 11 is 0. The molecule has 0 saturated heterocycles. The molecule has 0 spiro atoms. The van der Waals surface area contributed by atoms with Crippen molar-refractivity contribution in [1.82, 2.24) is 0 Å². The molecular weight excluding hydrogens is 336 g/mol. The average molecular weight is 360 g/mol. The van der Waals surface area contributed by atoms with E-state index in [1.807, 2.05) is 37.3 Å². The van der Waals surface area contributed by atoms with Crippen molar-refractivity contribution in [1.29, 1.82) is 0 Å². The van der Waals surface area contributed by atoms with Gasteiger partial charge in [0, 0.05) is 5.69 Å². The fourth-order valence-electron chi connectivity index (χ4n) is 2.64. The van der Waals surface area contributed by atoms with E-state index < -0.39 is 16.1 Å². The number of amides is 1. The molecule has 0 radical (unpaired) electrons. The lowest BCUT2D eigenvalue weighted by molar-refractivity contribution is -0.116. The standard InChI is InChI=1S/C19H24N2O3S/c1-5-16-9-11-17(12-10-16)20-19(22)15(3)21(25(4,23)24)18-8-6-7-14(2)13-18/h6-13,15H,5H2,1-4H3,(H,20,22). The first-order chi connectivity index (χ1) is 11.7. The van der Waals surface area contributed by atoms with Gasteiger partial charge < -0.3 is 5.32 Å². The molecule has 0 aliphatic heterocycles. The third kappa shape index (κ3) is 4.82. The molecule has 2 aromatic carbocycles. The molecule has 2 aromatic rings. The van der Waals surface area contributed by atoms with E-state index in [9.17, 15) is 13.2 Å². The fraction of sp³-hybridized carbons (Fsp3) is 0.316. The predicted molar refractivity (Wildman–Crippen MR) is 102 cm³/mol. The van der Waals surface area contributed by atoms with E-state index in [-0.39, 0.29) is 5.91 Å². The number of anilines is 2. The van der Waals surface area contributed by atoms with Crippen LogP contribution >= 0.6 is 0 Å². The summed E-state index contributed by atoms with van der Waals surface area (Å²) in [6.45, 7) is 5.52. The zero-order valence-electron chi connectivity index (χ0n) is 15.0. The molecule has 134 valence electrons. The number of carbonyl (C=O) groups excluding carboxylic acids is 1. The number of benzene rings is 2. The van der Waals surface area contributed by atoms with Gasteiger partial charge in [0.25, 0.3) is 0 Å². The summed E-state index contributed by atoms with van der Waals surface area (Å²) in [6, 6.07) is 13.7. The summed E-state index contributed by atoms with van der Waals surface area (Å²) in [7, 11) is -3.61. The van der Waals surface area contributed by atoms with Crippen molar-refractivity contribution < 1.29 is 13.2 Å². The molecule has 1 atom stereocenters. The highest BCUT2D eigenvalue weighted by atomic mass is 32.2. The quantitative estimate of drug-likeness (QED) is 0.859. The van der Waals surface area contributed by atoms with E-state index in [0.717, 1.165) is 22.5 Å². The lowest BCUT2D eigenvalue weighted by atomic mass is 10.1.